The predicted molar refractivity (Wildman–Crippen MR) is 77.2 cm³/mol. The van der Waals surface area contributed by atoms with Crippen molar-refractivity contribution >= 4 is 11.8 Å². The molecule has 0 radical (unpaired) electrons. The standard InChI is InChI=1S/C15H21N3O2/c1-12-10-16-7-8-18(12)11-15(20)17-14(19)9-13-5-3-2-4-6-13/h2-6,12,16H,7-11H2,1H3,(H,17,19,20)/t12-/m0/s1. The Labute approximate surface area is 119 Å². The summed E-state index contributed by atoms with van der Waals surface area (Å²) in [5.74, 6) is -0.469. The van der Waals surface area contributed by atoms with Crippen molar-refractivity contribution in [1.82, 2.24) is 15.5 Å². The molecule has 20 heavy (non-hydrogen) atoms. The van der Waals surface area contributed by atoms with Crippen LogP contribution < -0.4 is 10.6 Å². The first-order valence-electron chi connectivity index (χ1n) is 6.96. The average Bonchev–Trinajstić information content (AvgIpc) is 2.42. The van der Waals surface area contributed by atoms with E-state index in [1.807, 2.05) is 30.3 Å². The first-order valence-corrected chi connectivity index (χ1v) is 6.96. The first kappa shape index (κ1) is 14.7. The Balaban J connectivity index is 1.77. The lowest BCUT2D eigenvalue weighted by atomic mass is 10.1. The molecule has 0 bridgehead atoms. The molecule has 0 spiro atoms. The van der Waals surface area contributed by atoms with Gasteiger partial charge in [-0.2, -0.15) is 0 Å². The second-order valence-electron chi connectivity index (χ2n) is 5.16. The van der Waals surface area contributed by atoms with Crippen molar-refractivity contribution in [2.45, 2.75) is 19.4 Å². The molecular formula is C15H21N3O2. The number of hydrogen-bond acceptors (Lipinski definition) is 4. The van der Waals surface area contributed by atoms with Crippen molar-refractivity contribution in [2.75, 3.05) is 26.2 Å². The molecule has 1 aromatic rings. The van der Waals surface area contributed by atoms with Gasteiger partial charge in [0.15, 0.2) is 0 Å². The minimum absolute atomic E-state index is 0.223. The molecular weight excluding hydrogens is 254 g/mol. The summed E-state index contributed by atoms with van der Waals surface area (Å²) in [5, 5.41) is 5.73. The van der Waals surface area contributed by atoms with Gasteiger partial charge in [-0.25, -0.2) is 0 Å². The van der Waals surface area contributed by atoms with E-state index in [9.17, 15) is 9.59 Å². The number of piperazine rings is 1. The SMILES string of the molecule is C[C@H]1CNCCN1CC(=O)NC(=O)Cc1ccccc1. The monoisotopic (exact) mass is 275 g/mol. The van der Waals surface area contributed by atoms with Gasteiger partial charge in [-0.15, -0.1) is 0 Å². The molecule has 1 atom stereocenters. The second kappa shape index (κ2) is 7.17. The molecule has 2 rings (SSSR count). The maximum absolute atomic E-state index is 11.9. The van der Waals surface area contributed by atoms with E-state index in [0.717, 1.165) is 25.2 Å². The third kappa shape index (κ3) is 4.43. The van der Waals surface area contributed by atoms with Gasteiger partial charge in [-0.1, -0.05) is 30.3 Å². The Morgan fingerprint density at radius 1 is 1.30 bits per heavy atom. The zero-order chi connectivity index (χ0) is 14.4. The Morgan fingerprint density at radius 3 is 2.75 bits per heavy atom. The van der Waals surface area contributed by atoms with Gasteiger partial charge in [0.2, 0.25) is 11.8 Å². The van der Waals surface area contributed by atoms with Crippen LogP contribution in [0, 0.1) is 0 Å². The number of carbonyl (C=O) groups is 2. The first-order chi connectivity index (χ1) is 9.65. The van der Waals surface area contributed by atoms with Crippen LogP contribution in [-0.4, -0.2) is 48.9 Å². The van der Waals surface area contributed by atoms with Crippen LogP contribution in [0.4, 0.5) is 0 Å². The van der Waals surface area contributed by atoms with Gasteiger partial charge < -0.3 is 5.32 Å². The molecule has 1 aromatic carbocycles. The van der Waals surface area contributed by atoms with Gasteiger partial charge in [0.1, 0.15) is 0 Å². The highest BCUT2D eigenvalue weighted by Crippen LogP contribution is 2.02. The molecule has 2 N–H and O–H groups in total. The van der Waals surface area contributed by atoms with E-state index in [-0.39, 0.29) is 24.8 Å². The van der Waals surface area contributed by atoms with Crippen molar-refractivity contribution in [3.8, 4) is 0 Å². The lowest BCUT2D eigenvalue weighted by molar-refractivity contribution is -0.131. The Morgan fingerprint density at radius 2 is 2.05 bits per heavy atom. The number of rotatable bonds is 4. The number of nitrogens with one attached hydrogen (secondary N) is 2. The lowest BCUT2D eigenvalue weighted by Gasteiger charge is -2.33. The van der Waals surface area contributed by atoms with Crippen molar-refractivity contribution < 1.29 is 9.59 Å². The molecule has 0 aliphatic carbocycles. The van der Waals surface area contributed by atoms with E-state index in [0.29, 0.717) is 6.04 Å². The summed E-state index contributed by atoms with van der Waals surface area (Å²) >= 11 is 0. The maximum atomic E-state index is 11.9. The molecule has 5 heteroatoms. The van der Waals surface area contributed by atoms with Gasteiger partial charge in [0.25, 0.3) is 0 Å². The zero-order valence-electron chi connectivity index (χ0n) is 11.8. The summed E-state index contributed by atoms with van der Waals surface area (Å²) < 4.78 is 0. The topological polar surface area (TPSA) is 61.4 Å². The third-order valence-electron chi connectivity index (χ3n) is 3.47. The van der Waals surface area contributed by atoms with E-state index in [2.05, 4.69) is 22.5 Å². The molecule has 1 heterocycles. The molecule has 1 saturated heterocycles. The van der Waals surface area contributed by atoms with Crippen molar-refractivity contribution in [3.63, 3.8) is 0 Å². The summed E-state index contributed by atoms with van der Waals surface area (Å²) in [7, 11) is 0. The van der Waals surface area contributed by atoms with Crippen molar-refractivity contribution in [1.29, 1.82) is 0 Å². The number of nitrogens with zero attached hydrogens (tertiary/aromatic N) is 1. The van der Waals surface area contributed by atoms with Gasteiger partial charge in [-0.3, -0.25) is 19.8 Å². The Bertz CT molecular complexity index is 461. The fraction of sp³-hybridized carbons (Fsp3) is 0.467. The fourth-order valence-electron chi connectivity index (χ4n) is 2.32. The fourth-order valence-corrected chi connectivity index (χ4v) is 2.32. The van der Waals surface area contributed by atoms with E-state index in [1.54, 1.807) is 0 Å². The normalized spacial score (nSPS) is 19.6. The molecule has 1 fully saturated rings. The zero-order valence-corrected chi connectivity index (χ0v) is 11.8. The van der Waals surface area contributed by atoms with Crippen LogP contribution in [0.2, 0.25) is 0 Å². The maximum Gasteiger partial charge on any atom is 0.240 e. The summed E-state index contributed by atoms with van der Waals surface area (Å²) in [4.78, 5) is 25.7. The van der Waals surface area contributed by atoms with Crippen LogP contribution in [0.25, 0.3) is 0 Å². The summed E-state index contributed by atoms with van der Waals surface area (Å²) in [5.41, 5.74) is 0.911. The molecule has 0 aromatic heterocycles. The van der Waals surface area contributed by atoms with Crippen LogP contribution in [0.5, 0.6) is 0 Å². The van der Waals surface area contributed by atoms with Crippen LogP contribution in [-0.2, 0) is 16.0 Å². The number of hydrogen-bond donors (Lipinski definition) is 2. The minimum Gasteiger partial charge on any atom is -0.314 e. The number of carbonyl (C=O) groups excluding carboxylic acids is 2. The highest BCUT2D eigenvalue weighted by Gasteiger charge is 2.20. The summed E-state index contributed by atoms with van der Waals surface area (Å²) in [6.45, 7) is 4.96. The van der Waals surface area contributed by atoms with Crippen LogP contribution >= 0.6 is 0 Å². The number of benzene rings is 1. The van der Waals surface area contributed by atoms with Crippen molar-refractivity contribution in [2.24, 2.45) is 0 Å². The predicted octanol–water partition coefficient (Wildman–Crippen LogP) is 0.166. The third-order valence-corrected chi connectivity index (χ3v) is 3.47. The molecule has 5 nitrogen and oxygen atoms in total. The largest absolute Gasteiger partial charge is 0.314 e. The van der Waals surface area contributed by atoms with Crippen LogP contribution in [0.3, 0.4) is 0 Å². The summed E-state index contributed by atoms with van der Waals surface area (Å²) in [6, 6.07) is 9.74. The van der Waals surface area contributed by atoms with Gasteiger partial charge >= 0.3 is 0 Å². The lowest BCUT2D eigenvalue weighted by Crippen LogP contribution is -2.53. The molecule has 1 aliphatic heterocycles. The quantitative estimate of drug-likeness (QED) is 0.822. The minimum atomic E-state index is -0.246. The molecule has 1 aliphatic rings. The molecule has 0 unspecified atom stereocenters. The second-order valence-corrected chi connectivity index (χ2v) is 5.16. The van der Waals surface area contributed by atoms with Gasteiger partial charge in [0.05, 0.1) is 13.0 Å². The molecule has 108 valence electrons. The van der Waals surface area contributed by atoms with Gasteiger partial charge in [0, 0.05) is 25.7 Å². The Hall–Kier alpha value is -1.72. The van der Waals surface area contributed by atoms with E-state index in [4.69, 9.17) is 0 Å². The van der Waals surface area contributed by atoms with Crippen LogP contribution in [0.15, 0.2) is 30.3 Å². The van der Waals surface area contributed by atoms with Crippen LogP contribution in [0.1, 0.15) is 12.5 Å². The number of imide groups is 1. The Kier molecular flexibility index (Phi) is 5.26. The molecule has 2 amide bonds. The van der Waals surface area contributed by atoms with E-state index < -0.39 is 0 Å². The number of amides is 2. The molecule has 0 saturated carbocycles. The van der Waals surface area contributed by atoms with E-state index in [1.165, 1.54) is 0 Å². The summed E-state index contributed by atoms with van der Waals surface area (Å²) in [6.07, 6.45) is 0.240. The average molecular weight is 275 g/mol. The van der Waals surface area contributed by atoms with Gasteiger partial charge in [-0.05, 0) is 12.5 Å². The smallest absolute Gasteiger partial charge is 0.240 e. The highest BCUT2D eigenvalue weighted by atomic mass is 16.2. The highest BCUT2D eigenvalue weighted by molar-refractivity contribution is 5.96. The van der Waals surface area contributed by atoms with Crippen molar-refractivity contribution in [3.05, 3.63) is 35.9 Å². The van der Waals surface area contributed by atoms with E-state index >= 15 is 0 Å².